The molecule has 0 saturated carbocycles. The van der Waals surface area contributed by atoms with Gasteiger partial charge in [-0.2, -0.15) is 0 Å². The maximum atomic E-state index is 12.1. The van der Waals surface area contributed by atoms with Gasteiger partial charge in [-0.3, -0.25) is 9.55 Å². The molecule has 0 amide bonds. The number of pyridine rings is 1. The van der Waals surface area contributed by atoms with Crippen LogP contribution in [-0.4, -0.2) is 46.6 Å². The van der Waals surface area contributed by atoms with Crippen molar-refractivity contribution in [2.45, 2.75) is 19.4 Å². The van der Waals surface area contributed by atoms with Crippen LogP contribution in [0.2, 0.25) is 0 Å². The molecule has 0 aliphatic carbocycles. The van der Waals surface area contributed by atoms with Gasteiger partial charge in [0.1, 0.15) is 0 Å². The highest BCUT2D eigenvalue weighted by Gasteiger charge is 2.25. The summed E-state index contributed by atoms with van der Waals surface area (Å²) in [6.07, 6.45) is 4.40. The number of aromatic nitrogens is 3. The number of hydrogen-bond acceptors (Lipinski definition) is 4. The highest BCUT2D eigenvalue weighted by Crippen LogP contribution is 2.22. The van der Waals surface area contributed by atoms with Gasteiger partial charge in [0, 0.05) is 30.3 Å². The van der Waals surface area contributed by atoms with Crippen molar-refractivity contribution in [3.8, 4) is 0 Å². The van der Waals surface area contributed by atoms with Crippen LogP contribution in [0.25, 0.3) is 11.2 Å². The molecule has 1 aliphatic rings. The number of nitrogens with one attached hydrogen (secondary N) is 1. The van der Waals surface area contributed by atoms with Crippen molar-refractivity contribution in [3.05, 3.63) is 27.2 Å². The number of halogens is 1. The Morgan fingerprint density at radius 2 is 2.09 bits per heavy atom. The second-order valence-corrected chi connectivity index (χ2v) is 8.57. The third-order valence-electron chi connectivity index (χ3n) is 4.08. The van der Waals surface area contributed by atoms with E-state index in [4.69, 9.17) is 0 Å². The zero-order chi connectivity index (χ0) is 15.9. The summed E-state index contributed by atoms with van der Waals surface area (Å²) in [6, 6.07) is 1.87. The zero-order valence-corrected chi connectivity index (χ0v) is 14.5. The maximum Gasteiger partial charge on any atom is 0.327 e. The third kappa shape index (κ3) is 3.11. The van der Waals surface area contributed by atoms with Crippen LogP contribution >= 0.6 is 15.9 Å². The van der Waals surface area contributed by atoms with E-state index in [2.05, 4.69) is 25.9 Å². The third-order valence-corrected chi connectivity index (χ3v) is 5.82. The minimum Gasteiger partial charge on any atom is -0.290 e. The number of piperidine rings is 1. The topological polar surface area (TPSA) is 88.1 Å². The zero-order valence-electron chi connectivity index (χ0n) is 12.1. The molecule has 0 radical (unpaired) electrons. The van der Waals surface area contributed by atoms with Crippen LogP contribution in [0.3, 0.4) is 0 Å². The Morgan fingerprint density at radius 1 is 1.41 bits per heavy atom. The molecule has 0 aromatic carbocycles. The Kier molecular flexibility index (Phi) is 4.13. The molecule has 3 heterocycles. The van der Waals surface area contributed by atoms with Gasteiger partial charge in [0.25, 0.3) is 0 Å². The highest BCUT2D eigenvalue weighted by atomic mass is 79.9. The van der Waals surface area contributed by atoms with E-state index in [1.807, 2.05) is 6.07 Å². The van der Waals surface area contributed by atoms with E-state index in [9.17, 15) is 13.2 Å². The fraction of sp³-hybridized carbons (Fsp3) is 0.538. The minimum absolute atomic E-state index is 0.175. The number of nitrogens with zero attached hydrogens (tertiary/aromatic N) is 3. The first-order valence-electron chi connectivity index (χ1n) is 7.04. The first kappa shape index (κ1) is 15.7. The SMILES string of the molecule is CS(=O)(=O)N1CCC(Cn2c(=O)[nH]c3ncc(Br)cc32)CC1. The first-order chi connectivity index (χ1) is 10.3. The van der Waals surface area contributed by atoms with Crippen molar-refractivity contribution in [1.29, 1.82) is 0 Å². The van der Waals surface area contributed by atoms with Gasteiger partial charge in [-0.05, 0) is 40.8 Å². The minimum atomic E-state index is -3.12. The highest BCUT2D eigenvalue weighted by molar-refractivity contribution is 9.10. The van der Waals surface area contributed by atoms with E-state index in [0.29, 0.717) is 25.3 Å². The lowest BCUT2D eigenvalue weighted by Crippen LogP contribution is -2.39. The van der Waals surface area contributed by atoms with Gasteiger partial charge in [0.15, 0.2) is 5.65 Å². The van der Waals surface area contributed by atoms with Crippen molar-refractivity contribution in [1.82, 2.24) is 18.8 Å². The van der Waals surface area contributed by atoms with Crippen molar-refractivity contribution in [3.63, 3.8) is 0 Å². The van der Waals surface area contributed by atoms with Gasteiger partial charge in [0.05, 0.1) is 11.8 Å². The molecule has 1 N–H and O–H groups in total. The monoisotopic (exact) mass is 388 g/mol. The van der Waals surface area contributed by atoms with Crippen molar-refractivity contribution in [2.75, 3.05) is 19.3 Å². The van der Waals surface area contributed by atoms with E-state index < -0.39 is 10.0 Å². The van der Waals surface area contributed by atoms with E-state index in [-0.39, 0.29) is 11.6 Å². The van der Waals surface area contributed by atoms with E-state index in [1.54, 1.807) is 10.8 Å². The molecule has 1 fully saturated rings. The molecular formula is C13H17BrN4O3S. The number of rotatable bonds is 3. The molecular weight excluding hydrogens is 372 g/mol. The number of sulfonamides is 1. The van der Waals surface area contributed by atoms with Crippen molar-refractivity contribution >= 4 is 37.1 Å². The molecule has 3 rings (SSSR count). The fourth-order valence-corrected chi connectivity index (χ4v) is 4.07. The molecule has 22 heavy (non-hydrogen) atoms. The lowest BCUT2D eigenvalue weighted by molar-refractivity contribution is 0.254. The van der Waals surface area contributed by atoms with Crippen LogP contribution < -0.4 is 5.69 Å². The number of hydrogen-bond donors (Lipinski definition) is 1. The molecule has 2 aromatic heterocycles. The predicted octanol–water partition coefficient (Wildman–Crippen LogP) is 1.16. The molecule has 0 spiro atoms. The molecule has 7 nitrogen and oxygen atoms in total. The first-order valence-corrected chi connectivity index (χ1v) is 9.68. The normalized spacial score (nSPS) is 18.1. The molecule has 0 bridgehead atoms. The Morgan fingerprint density at radius 3 is 2.73 bits per heavy atom. The van der Waals surface area contributed by atoms with Crippen LogP contribution in [0.15, 0.2) is 21.5 Å². The lowest BCUT2D eigenvalue weighted by Gasteiger charge is -2.30. The molecule has 1 aliphatic heterocycles. The number of H-pyrrole nitrogens is 1. The summed E-state index contributed by atoms with van der Waals surface area (Å²) in [5, 5.41) is 0. The molecule has 2 aromatic rings. The van der Waals surface area contributed by atoms with Crippen LogP contribution in [0, 0.1) is 5.92 Å². The van der Waals surface area contributed by atoms with Gasteiger partial charge in [-0.25, -0.2) is 22.5 Å². The van der Waals surface area contributed by atoms with Crippen molar-refractivity contribution in [2.24, 2.45) is 5.92 Å². The summed E-state index contributed by atoms with van der Waals surface area (Å²) in [7, 11) is -3.12. The van der Waals surface area contributed by atoms with Gasteiger partial charge in [0.2, 0.25) is 10.0 Å². The summed E-state index contributed by atoms with van der Waals surface area (Å²) < 4.78 is 27.1. The summed E-state index contributed by atoms with van der Waals surface area (Å²) >= 11 is 3.37. The summed E-state index contributed by atoms with van der Waals surface area (Å²) in [5.41, 5.74) is 1.16. The second kappa shape index (κ2) is 5.78. The summed E-state index contributed by atoms with van der Waals surface area (Å²) in [6.45, 7) is 1.61. The average Bonchev–Trinajstić information content (AvgIpc) is 2.75. The molecule has 9 heteroatoms. The van der Waals surface area contributed by atoms with E-state index in [0.717, 1.165) is 22.8 Å². The molecule has 0 atom stereocenters. The number of fused-ring (bicyclic) bond motifs is 1. The van der Waals surface area contributed by atoms with Crippen LogP contribution in [0.5, 0.6) is 0 Å². The Labute approximate surface area is 136 Å². The van der Waals surface area contributed by atoms with Gasteiger partial charge >= 0.3 is 5.69 Å². The van der Waals surface area contributed by atoms with Crippen LogP contribution in [0.1, 0.15) is 12.8 Å². The predicted molar refractivity (Wildman–Crippen MR) is 87.2 cm³/mol. The Balaban J connectivity index is 1.79. The number of aromatic amines is 1. The fourth-order valence-electron chi connectivity index (χ4n) is 2.87. The van der Waals surface area contributed by atoms with Crippen LogP contribution in [-0.2, 0) is 16.6 Å². The molecule has 1 saturated heterocycles. The summed E-state index contributed by atoms with van der Waals surface area (Å²) in [4.78, 5) is 19.0. The van der Waals surface area contributed by atoms with Gasteiger partial charge in [-0.1, -0.05) is 0 Å². The smallest absolute Gasteiger partial charge is 0.290 e. The van der Waals surface area contributed by atoms with Gasteiger partial charge < -0.3 is 0 Å². The lowest BCUT2D eigenvalue weighted by atomic mass is 9.98. The summed E-state index contributed by atoms with van der Waals surface area (Å²) in [5.74, 6) is 0.286. The molecule has 120 valence electrons. The quantitative estimate of drug-likeness (QED) is 0.854. The number of imidazole rings is 1. The van der Waals surface area contributed by atoms with Crippen molar-refractivity contribution < 1.29 is 8.42 Å². The second-order valence-electron chi connectivity index (χ2n) is 5.67. The average molecular weight is 389 g/mol. The largest absolute Gasteiger partial charge is 0.327 e. The Bertz CT molecular complexity index is 850. The molecule has 0 unspecified atom stereocenters. The van der Waals surface area contributed by atoms with E-state index in [1.165, 1.54) is 10.6 Å². The standard InChI is InChI=1S/C13H17BrN4O3S/c1-22(20,21)17-4-2-9(3-5-17)8-18-11-6-10(14)7-15-12(11)16-13(18)19/h6-7,9H,2-5,8H2,1H3,(H,15,16,19). The van der Waals surface area contributed by atoms with Gasteiger partial charge in [-0.15, -0.1) is 0 Å². The Hall–Kier alpha value is -1.19. The van der Waals surface area contributed by atoms with Crippen LogP contribution in [0.4, 0.5) is 0 Å². The maximum absolute atomic E-state index is 12.1. The van der Waals surface area contributed by atoms with E-state index >= 15 is 0 Å².